The Kier molecular flexibility index (Phi) is 6.03. The van der Waals surface area contributed by atoms with Crippen LogP contribution in [0.15, 0.2) is 24.3 Å². The Morgan fingerprint density at radius 1 is 1.19 bits per heavy atom. The molecule has 0 heterocycles. The fourth-order valence-corrected chi connectivity index (χ4v) is 2.83. The molecule has 0 aliphatic rings. The van der Waals surface area contributed by atoms with Gasteiger partial charge in [0.25, 0.3) is 0 Å². The lowest BCUT2D eigenvalue weighted by molar-refractivity contribution is -0.136. The topological polar surface area (TPSA) is 58.2 Å². The Morgan fingerprint density at radius 3 is 2.38 bits per heavy atom. The summed E-state index contributed by atoms with van der Waals surface area (Å²) in [4.78, 5) is 0. The molecule has 0 fully saturated rings. The fourth-order valence-electron chi connectivity index (χ4n) is 1.69. The number of halogens is 3. The number of alkyl halides is 3. The Morgan fingerprint density at radius 2 is 1.81 bits per heavy atom. The first kappa shape index (κ1) is 17.8. The Bertz CT molecular complexity index is 557. The van der Waals surface area contributed by atoms with Gasteiger partial charge in [0.05, 0.1) is 17.0 Å². The molecule has 1 rings (SSSR count). The van der Waals surface area contributed by atoms with Gasteiger partial charge < -0.3 is 5.32 Å². The van der Waals surface area contributed by atoms with Gasteiger partial charge in [0.1, 0.15) is 0 Å². The Hall–Kier alpha value is -1.28. The summed E-state index contributed by atoms with van der Waals surface area (Å²) in [6.07, 6.45) is -4.28. The van der Waals surface area contributed by atoms with Crippen molar-refractivity contribution in [2.24, 2.45) is 0 Å². The molecule has 2 N–H and O–H groups in total. The van der Waals surface area contributed by atoms with E-state index in [2.05, 4.69) is 5.32 Å². The van der Waals surface area contributed by atoms with Crippen LogP contribution in [0, 0.1) is 0 Å². The molecule has 120 valence electrons. The van der Waals surface area contributed by atoms with Crippen molar-refractivity contribution in [3.05, 3.63) is 29.8 Å². The molecule has 0 bridgehead atoms. The predicted molar refractivity (Wildman–Crippen MR) is 76.6 cm³/mol. The van der Waals surface area contributed by atoms with Gasteiger partial charge in [0, 0.05) is 6.04 Å². The van der Waals surface area contributed by atoms with Crippen LogP contribution in [0.3, 0.4) is 0 Å². The number of anilines is 1. The summed E-state index contributed by atoms with van der Waals surface area (Å²) in [6, 6.07) is 4.75. The number of hydrogen-bond donors (Lipinski definition) is 2. The molecule has 0 atom stereocenters. The predicted octanol–water partition coefficient (Wildman–Crippen LogP) is 2.84. The third-order valence-electron chi connectivity index (χ3n) is 2.64. The first-order valence-electron chi connectivity index (χ1n) is 6.52. The van der Waals surface area contributed by atoms with Crippen molar-refractivity contribution in [3.8, 4) is 0 Å². The maximum Gasteiger partial charge on any atom is 0.418 e. The molecule has 0 saturated carbocycles. The van der Waals surface area contributed by atoms with E-state index >= 15 is 0 Å². The van der Waals surface area contributed by atoms with Gasteiger partial charge in [0.15, 0.2) is 0 Å². The van der Waals surface area contributed by atoms with Crippen molar-refractivity contribution in [1.29, 1.82) is 0 Å². The van der Waals surface area contributed by atoms with Gasteiger partial charge in [-0.1, -0.05) is 26.0 Å². The zero-order chi connectivity index (χ0) is 16.1. The standard InChI is InChI=1S/C13H19F3N2O2S/c1-10(2)17-8-5-9-21(19,20)18-12-7-4-3-6-11(12)13(14,15)16/h3-4,6-7,10,17-18H,5,8-9H2,1-2H3. The highest BCUT2D eigenvalue weighted by atomic mass is 32.2. The fraction of sp³-hybridized carbons (Fsp3) is 0.538. The normalized spacial score (nSPS) is 12.7. The second-order valence-corrected chi connectivity index (χ2v) is 6.77. The third kappa shape index (κ3) is 6.34. The zero-order valence-corrected chi connectivity index (χ0v) is 12.7. The van der Waals surface area contributed by atoms with Crippen molar-refractivity contribution >= 4 is 15.7 Å². The van der Waals surface area contributed by atoms with Crippen LogP contribution < -0.4 is 10.0 Å². The Labute approximate surface area is 122 Å². The van der Waals surface area contributed by atoms with Crippen molar-refractivity contribution < 1.29 is 21.6 Å². The van der Waals surface area contributed by atoms with Gasteiger partial charge in [-0.25, -0.2) is 8.42 Å². The molecule has 1 aromatic rings. The summed E-state index contributed by atoms with van der Waals surface area (Å²) in [6.45, 7) is 4.33. The molecular weight excluding hydrogens is 305 g/mol. The summed E-state index contributed by atoms with van der Waals surface area (Å²) >= 11 is 0. The van der Waals surface area contributed by atoms with Gasteiger partial charge in [0.2, 0.25) is 10.0 Å². The van der Waals surface area contributed by atoms with Crippen molar-refractivity contribution in [1.82, 2.24) is 5.32 Å². The average Bonchev–Trinajstić information content (AvgIpc) is 2.33. The molecule has 0 aromatic heterocycles. The largest absolute Gasteiger partial charge is 0.418 e. The molecule has 0 amide bonds. The van der Waals surface area contributed by atoms with Crippen LogP contribution in [0.25, 0.3) is 0 Å². The molecule has 1 aromatic carbocycles. The van der Waals surface area contributed by atoms with Gasteiger partial charge in [-0.3, -0.25) is 4.72 Å². The zero-order valence-electron chi connectivity index (χ0n) is 11.9. The van der Waals surface area contributed by atoms with E-state index < -0.39 is 27.5 Å². The van der Waals surface area contributed by atoms with Crippen LogP contribution in [-0.4, -0.2) is 26.8 Å². The van der Waals surface area contributed by atoms with E-state index in [9.17, 15) is 21.6 Å². The van der Waals surface area contributed by atoms with E-state index in [0.29, 0.717) is 13.0 Å². The molecule has 21 heavy (non-hydrogen) atoms. The van der Waals surface area contributed by atoms with Crippen molar-refractivity contribution in [2.75, 3.05) is 17.0 Å². The van der Waals surface area contributed by atoms with E-state index in [1.807, 2.05) is 18.6 Å². The lowest BCUT2D eigenvalue weighted by Crippen LogP contribution is -2.27. The number of para-hydroxylation sites is 1. The van der Waals surface area contributed by atoms with Crippen molar-refractivity contribution in [3.63, 3.8) is 0 Å². The molecular formula is C13H19F3N2O2S. The minimum atomic E-state index is -4.60. The third-order valence-corrected chi connectivity index (χ3v) is 4.00. The van der Waals surface area contributed by atoms with E-state index in [1.165, 1.54) is 12.1 Å². The molecule has 0 unspecified atom stereocenters. The van der Waals surface area contributed by atoms with Crippen LogP contribution in [-0.2, 0) is 16.2 Å². The van der Waals surface area contributed by atoms with Crippen LogP contribution in [0.5, 0.6) is 0 Å². The summed E-state index contributed by atoms with van der Waals surface area (Å²) in [5, 5.41) is 3.05. The lowest BCUT2D eigenvalue weighted by Gasteiger charge is -2.14. The monoisotopic (exact) mass is 324 g/mol. The summed E-state index contributed by atoms with van der Waals surface area (Å²) < 4.78 is 64.0. The second kappa shape index (κ2) is 7.13. The van der Waals surface area contributed by atoms with Crippen LogP contribution in [0.1, 0.15) is 25.8 Å². The van der Waals surface area contributed by atoms with E-state index in [1.54, 1.807) is 0 Å². The van der Waals surface area contributed by atoms with Gasteiger partial charge in [-0.15, -0.1) is 0 Å². The van der Waals surface area contributed by atoms with Crippen LogP contribution in [0.2, 0.25) is 0 Å². The maximum atomic E-state index is 12.8. The van der Waals surface area contributed by atoms with E-state index in [0.717, 1.165) is 12.1 Å². The van der Waals surface area contributed by atoms with E-state index in [4.69, 9.17) is 0 Å². The SMILES string of the molecule is CC(C)NCCCS(=O)(=O)Nc1ccccc1C(F)(F)F. The molecule has 4 nitrogen and oxygen atoms in total. The number of rotatable bonds is 7. The average molecular weight is 324 g/mol. The highest BCUT2D eigenvalue weighted by molar-refractivity contribution is 7.92. The quantitative estimate of drug-likeness (QED) is 0.758. The summed E-state index contributed by atoms with van der Waals surface area (Å²) in [7, 11) is -3.81. The van der Waals surface area contributed by atoms with Crippen LogP contribution in [0.4, 0.5) is 18.9 Å². The number of sulfonamides is 1. The second-order valence-electron chi connectivity index (χ2n) is 4.93. The number of hydrogen-bond acceptors (Lipinski definition) is 3. The highest BCUT2D eigenvalue weighted by Gasteiger charge is 2.34. The van der Waals surface area contributed by atoms with Gasteiger partial charge >= 0.3 is 6.18 Å². The molecule has 0 radical (unpaired) electrons. The molecule has 8 heteroatoms. The highest BCUT2D eigenvalue weighted by Crippen LogP contribution is 2.34. The minimum Gasteiger partial charge on any atom is -0.314 e. The maximum absolute atomic E-state index is 12.8. The molecule has 0 aliphatic heterocycles. The Balaban J connectivity index is 2.72. The van der Waals surface area contributed by atoms with Crippen molar-refractivity contribution in [2.45, 2.75) is 32.5 Å². The number of nitrogens with one attached hydrogen (secondary N) is 2. The van der Waals surface area contributed by atoms with Gasteiger partial charge in [-0.2, -0.15) is 13.2 Å². The molecule has 0 aliphatic carbocycles. The van der Waals surface area contributed by atoms with Gasteiger partial charge in [-0.05, 0) is 25.1 Å². The smallest absolute Gasteiger partial charge is 0.314 e. The molecule has 0 saturated heterocycles. The number of benzene rings is 1. The summed E-state index contributed by atoms with van der Waals surface area (Å²) in [5.41, 5.74) is -1.43. The lowest BCUT2D eigenvalue weighted by atomic mass is 10.2. The first-order valence-corrected chi connectivity index (χ1v) is 8.17. The van der Waals surface area contributed by atoms with E-state index in [-0.39, 0.29) is 11.8 Å². The minimum absolute atomic E-state index is 0.228. The van der Waals surface area contributed by atoms with Crippen LogP contribution >= 0.6 is 0 Å². The first-order chi connectivity index (χ1) is 9.62. The summed E-state index contributed by atoms with van der Waals surface area (Å²) in [5.74, 6) is -0.237. The molecule has 0 spiro atoms.